The maximum atomic E-state index is 11.9. The molecule has 1 fully saturated rings. The molecule has 3 heterocycles. The van der Waals surface area contributed by atoms with Crippen LogP contribution in [-0.4, -0.2) is 39.3 Å². The van der Waals surface area contributed by atoms with Crippen molar-refractivity contribution >= 4 is 17.2 Å². The molecule has 0 aliphatic carbocycles. The Morgan fingerprint density at radius 1 is 1.52 bits per heavy atom. The monoisotopic (exact) mass is 391 g/mol. The first-order valence-electron chi connectivity index (χ1n) is 8.58. The zero-order valence-corrected chi connectivity index (χ0v) is 15.6. The Hall–Kier alpha value is -2.49. The van der Waals surface area contributed by atoms with Crippen molar-refractivity contribution in [3.8, 4) is 0 Å². The molecule has 0 saturated carbocycles. The molecule has 0 aromatic carbocycles. The minimum absolute atomic E-state index is 0.181. The van der Waals surface area contributed by atoms with Gasteiger partial charge in [-0.1, -0.05) is 6.07 Å². The molecule has 0 spiro atoms. The highest BCUT2D eigenvalue weighted by Gasteiger charge is 2.34. The van der Waals surface area contributed by atoms with E-state index in [4.69, 9.17) is 4.74 Å². The average molecular weight is 391 g/mol. The lowest BCUT2D eigenvalue weighted by Crippen LogP contribution is -2.33. The molecule has 2 aromatic rings. The molecule has 8 nitrogen and oxygen atoms in total. The third-order valence-corrected chi connectivity index (χ3v) is 5.22. The summed E-state index contributed by atoms with van der Waals surface area (Å²) >= 11 is 1.64. The van der Waals surface area contributed by atoms with Crippen LogP contribution in [0.25, 0.3) is 0 Å². The number of carbonyl (C=O) groups excluding carboxylic acids is 1. The molecular formula is C18H21N3O5S. The zero-order valence-electron chi connectivity index (χ0n) is 14.8. The fourth-order valence-corrected chi connectivity index (χ4v) is 3.54. The standard InChI is InChI=1S/C18H21N3O5S/c1-11-10-21(18(25)20-17(11)24)16-9-13(22)14(26-16)4-5-15(23)19-7-6-12-3-2-8-27-12/h2-5,8,10,13-14,16,22H,6-7,9H2,1H3,(H,19,23)(H,20,24,25)/b5-4+/t13-,14+,16+/m0/s1. The van der Waals surface area contributed by atoms with Gasteiger partial charge in [0.15, 0.2) is 0 Å². The maximum Gasteiger partial charge on any atom is 0.330 e. The highest BCUT2D eigenvalue weighted by Crippen LogP contribution is 2.28. The number of hydrogen-bond acceptors (Lipinski definition) is 6. The molecule has 1 aliphatic heterocycles. The van der Waals surface area contributed by atoms with E-state index in [-0.39, 0.29) is 12.3 Å². The van der Waals surface area contributed by atoms with Crippen LogP contribution in [0.2, 0.25) is 0 Å². The normalized spacial score (nSPS) is 22.4. The topological polar surface area (TPSA) is 113 Å². The number of hydrogen-bond donors (Lipinski definition) is 3. The summed E-state index contributed by atoms with van der Waals surface area (Å²) in [5.41, 5.74) is -0.680. The Balaban J connectivity index is 1.56. The maximum absolute atomic E-state index is 11.9. The second kappa shape index (κ2) is 8.47. The van der Waals surface area contributed by atoms with Crippen LogP contribution in [0.15, 0.2) is 45.5 Å². The molecule has 27 heavy (non-hydrogen) atoms. The third-order valence-electron chi connectivity index (χ3n) is 4.28. The second-order valence-corrected chi connectivity index (χ2v) is 7.35. The van der Waals surface area contributed by atoms with Gasteiger partial charge in [-0.25, -0.2) is 4.79 Å². The van der Waals surface area contributed by atoms with Gasteiger partial charge in [0.05, 0.1) is 6.10 Å². The van der Waals surface area contributed by atoms with Gasteiger partial charge < -0.3 is 15.2 Å². The molecule has 0 radical (unpaired) electrons. The second-order valence-electron chi connectivity index (χ2n) is 6.32. The Labute approximate surface area is 159 Å². The van der Waals surface area contributed by atoms with Crippen molar-refractivity contribution in [2.45, 2.75) is 38.2 Å². The molecule has 0 bridgehead atoms. The minimum atomic E-state index is -0.857. The predicted octanol–water partition coefficient (Wildman–Crippen LogP) is 0.470. The number of ether oxygens (including phenoxy) is 1. The Bertz CT molecular complexity index is 931. The van der Waals surface area contributed by atoms with Crippen molar-refractivity contribution in [1.29, 1.82) is 0 Å². The van der Waals surface area contributed by atoms with Crippen LogP contribution in [0, 0.1) is 6.92 Å². The fourth-order valence-electron chi connectivity index (χ4n) is 2.83. The van der Waals surface area contributed by atoms with E-state index in [0.29, 0.717) is 12.1 Å². The number of aryl methyl sites for hydroxylation is 1. The molecule has 3 N–H and O–H groups in total. The van der Waals surface area contributed by atoms with Crippen LogP contribution >= 0.6 is 11.3 Å². The van der Waals surface area contributed by atoms with Crippen molar-refractivity contribution in [1.82, 2.24) is 14.9 Å². The summed E-state index contributed by atoms with van der Waals surface area (Å²) in [7, 11) is 0. The van der Waals surface area contributed by atoms with Crippen LogP contribution < -0.4 is 16.6 Å². The minimum Gasteiger partial charge on any atom is -0.390 e. The van der Waals surface area contributed by atoms with E-state index in [1.165, 1.54) is 27.8 Å². The van der Waals surface area contributed by atoms with Crippen molar-refractivity contribution in [2.75, 3.05) is 6.54 Å². The largest absolute Gasteiger partial charge is 0.390 e. The molecule has 9 heteroatoms. The van der Waals surface area contributed by atoms with Crippen molar-refractivity contribution < 1.29 is 14.6 Å². The van der Waals surface area contributed by atoms with E-state index in [0.717, 1.165) is 6.42 Å². The van der Waals surface area contributed by atoms with E-state index in [2.05, 4.69) is 10.3 Å². The highest BCUT2D eigenvalue weighted by molar-refractivity contribution is 7.09. The summed E-state index contributed by atoms with van der Waals surface area (Å²) < 4.78 is 6.92. The van der Waals surface area contributed by atoms with Gasteiger partial charge in [0.25, 0.3) is 5.56 Å². The fraction of sp³-hybridized carbons (Fsp3) is 0.389. The number of carbonyl (C=O) groups is 1. The Morgan fingerprint density at radius 2 is 2.33 bits per heavy atom. The van der Waals surface area contributed by atoms with E-state index < -0.39 is 29.7 Å². The average Bonchev–Trinajstić information content (AvgIpc) is 3.26. The van der Waals surface area contributed by atoms with Crippen LogP contribution in [0.3, 0.4) is 0 Å². The summed E-state index contributed by atoms with van der Waals surface area (Å²) in [6, 6.07) is 3.97. The number of thiophene rings is 1. The number of amides is 1. The molecular weight excluding hydrogens is 370 g/mol. The van der Waals surface area contributed by atoms with Gasteiger partial charge in [0, 0.05) is 35.7 Å². The Kier molecular flexibility index (Phi) is 6.04. The molecule has 1 saturated heterocycles. The zero-order chi connectivity index (χ0) is 19.4. The molecule has 1 aliphatic rings. The van der Waals surface area contributed by atoms with Crippen LogP contribution in [0.1, 0.15) is 23.1 Å². The number of nitrogens with one attached hydrogen (secondary N) is 2. The van der Waals surface area contributed by atoms with Gasteiger partial charge in [-0.2, -0.15) is 0 Å². The third kappa shape index (κ3) is 4.82. The quantitative estimate of drug-likeness (QED) is 0.620. The number of aliphatic hydroxyl groups is 1. The molecule has 3 atom stereocenters. The van der Waals surface area contributed by atoms with Crippen LogP contribution in [0.4, 0.5) is 0 Å². The number of aliphatic hydroxyl groups excluding tert-OH is 1. The molecule has 1 amide bonds. The summed E-state index contributed by atoms with van der Waals surface area (Å²) in [4.78, 5) is 38.7. The van der Waals surface area contributed by atoms with Crippen molar-refractivity contribution in [3.05, 3.63) is 67.1 Å². The van der Waals surface area contributed by atoms with E-state index >= 15 is 0 Å². The molecule has 3 rings (SSSR count). The molecule has 144 valence electrons. The summed E-state index contributed by atoms with van der Waals surface area (Å²) in [5, 5.41) is 14.9. The van der Waals surface area contributed by atoms with Gasteiger partial charge in [0.2, 0.25) is 5.91 Å². The Morgan fingerprint density at radius 3 is 3.07 bits per heavy atom. The molecule has 2 aromatic heterocycles. The van der Waals surface area contributed by atoms with Gasteiger partial charge in [-0.05, 0) is 30.9 Å². The van der Waals surface area contributed by atoms with Gasteiger partial charge in [0.1, 0.15) is 12.3 Å². The lowest BCUT2D eigenvalue weighted by molar-refractivity contribution is -0.116. The number of aromatic amines is 1. The first-order chi connectivity index (χ1) is 12.9. The SMILES string of the molecule is Cc1cn([C@H]2C[C@H](O)[C@@H](/C=C/C(=O)NCCc3cccs3)O2)c(=O)[nH]c1=O. The lowest BCUT2D eigenvalue weighted by atomic mass is 10.1. The van der Waals surface area contributed by atoms with E-state index in [1.807, 2.05) is 17.5 Å². The summed E-state index contributed by atoms with van der Waals surface area (Å²) in [6.07, 6.45) is 2.87. The van der Waals surface area contributed by atoms with Crippen molar-refractivity contribution in [3.63, 3.8) is 0 Å². The number of rotatable bonds is 6. The lowest BCUT2D eigenvalue weighted by Gasteiger charge is -2.14. The summed E-state index contributed by atoms with van der Waals surface area (Å²) in [5.74, 6) is -0.275. The predicted molar refractivity (Wildman–Crippen MR) is 101 cm³/mol. The number of nitrogens with zero attached hydrogens (tertiary/aromatic N) is 1. The van der Waals surface area contributed by atoms with Gasteiger partial charge >= 0.3 is 5.69 Å². The van der Waals surface area contributed by atoms with E-state index in [9.17, 15) is 19.5 Å². The smallest absolute Gasteiger partial charge is 0.330 e. The number of aromatic nitrogens is 2. The summed E-state index contributed by atoms with van der Waals surface area (Å²) in [6.45, 7) is 2.10. The first-order valence-corrected chi connectivity index (χ1v) is 9.46. The van der Waals surface area contributed by atoms with Crippen molar-refractivity contribution in [2.24, 2.45) is 0 Å². The highest BCUT2D eigenvalue weighted by atomic mass is 32.1. The van der Waals surface area contributed by atoms with Gasteiger partial charge in [-0.15, -0.1) is 11.3 Å². The van der Waals surface area contributed by atoms with Crippen LogP contribution in [-0.2, 0) is 16.0 Å². The first kappa shape index (κ1) is 19.3. The van der Waals surface area contributed by atoms with Crippen LogP contribution in [0.5, 0.6) is 0 Å². The van der Waals surface area contributed by atoms with E-state index in [1.54, 1.807) is 18.3 Å². The molecule has 0 unspecified atom stereocenters. The number of H-pyrrole nitrogens is 1. The van der Waals surface area contributed by atoms with Gasteiger partial charge in [-0.3, -0.25) is 19.1 Å².